The third-order valence-corrected chi connectivity index (χ3v) is 5.98. The van der Waals surface area contributed by atoms with Crippen molar-refractivity contribution in [2.24, 2.45) is 0 Å². The van der Waals surface area contributed by atoms with Gasteiger partial charge in [0.1, 0.15) is 5.75 Å². The number of amides is 2. The van der Waals surface area contributed by atoms with Crippen LogP contribution in [0.1, 0.15) is 12.5 Å². The molecule has 0 spiro atoms. The summed E-state index contributed by atoms with van der Waals surface area (Å²) < 4.78 is 5.81. The van der Waals surface area contributed by atoms with Crippen LogP contribution in [0.4, 0.5) is 10.5 Å². The van der Waals surface area contributed by atoms with Crippen LogP contribution in [0.25, 0.3) is 10.8 Å². The number of rotatable bonds is 5. The molecule has 4 rings (SSSR count). The number of nitrogens with zero attached hydrogens (tertiary/aromatic N) is 1. The van der Waals surface area contributed by atoms with Crippen LogP contribution in [-0.2, 0) is 11.2 Å². The highest BCUT2D eigenvalue weighted by atomic mass is 35.5. The third kappa shape index (κ3) is 3.48. The van der Waals surface area contributed by atoms with E-state index in [0.29, 0.717) is 23.7 Å². The van der Waals surface area contributed by atoms with Crippen molar-refractivity contribution < 1.29 is 14.3 Å². The van der Waals surface area contributed by atoms with Crippen molar-refractivity contribution in [3.8, 4) is 5.75 Å². The second-order valence-electron chi connectivity index (χ2n) is 6.42. The van der Waals surface area contributed by atoms with Gasteiger partial charge in [0.2, 0.25) is 5.91 Å². The molecule has 1 fully saturated rings. The summed E-state index contributed by atoms with van der Waals surface area (Å²) in [7, 11) is 0. The van der Waals surface area contributed by atoms with E-state index in [4.69, 9.17) is 16.3 Å². The Morgan fingerprint density at radius 3 is 2.54 bits per heavy atom. The molecule has 1 heterocycles. The second kappa shape index (κ2) is 7.86. The standard InChI is InChI=1S/C22H18ClNO3S/c1-2-27-19-12-7-14-5-3-4-6-17(14)18(19)13-20-21(25)24(22(26)28-20)16-10-8-15(23)9-11-16/h3-12,20H,2,13H2,1H3/t20-/m0/s1. The quantitative estimate of drug-likeness (QED) is 0.540. The van der Waals surface area contributed by atoms with E-state index in [1.54, 1.807) is 24.3 Å². The smallest absolute Gasteiger partial charge is 0.293 e. The molecule has 0 unspecified atom stereocenters. The number of fused-ring (bicyclic) bond motifs is 1. The molecule has 3 aromatic carbocycles. The predicted molar refractivity (Wildman–Crippen MR) is 115 cm³/mol. The first-order valence-corrected chi connectivity index (χ1v) is 10.3. The minimum atomic E-state index is -0.492. The van der Waals surface area contributed by atoms with Crippen molar-refractivity contribution in [2.75, 3.05) is 11.5 Å². The maximum atomic E-state index is 13.0. The van der Waals surface area contributed by atoms with Crippen LogP contribution in [0.3, 0.4) is 0 Å². The number of hydrogen-bond acceptors (Lipinski definition) is 4. The average Bonchev–Trinajstić information content (AvgIpc) is 2.98. The van der Waals surface area contributed by atoms with Crippen LogP contribution in [0.15, 0.2) is 60.7 Å². The summed E-state index contributed by atoms with van der Waals surface area (Å²) in [6.45, 7) is 2.47. The highest BCUT2D eigenvalue weighted by Crippen LogP contribution is 2.37. The number of thioether (sulfide) groups is 1. The fourth-order valence-corrected chi connectivity index (χ4v) is 4.54. The molecule has 0 saturated carbocycles. The molecule has 1 aliphatic heterocycles. The van der Waals surface area contributed by atoms with Crippen molar-refractivity contribution in [2.45, 2.75) is 18.6 Å². The van der Waals surface area contributed by atoms with Crippen LogP contribution < -0.4 is 9.64 Å². The van der Waals surface area contributed by atoms with Crippen LogP contribution in [-0.4, -0.2) is 23.0 Å². The second-order valence-corrected chi connectivity index (χ2v) is 8.01. The van der Waals surface area contributed by atoms with Gasteiger partial charge < -0.3 is 4.74 Å². The van der Waals surface area contributed by atoms with E-state index in [0.717, 1.165) is 33.8 Å². The lowest BCUT2D eigenvalue weighted by atomic mass is 9.99. The maximum absolute atomic E-state index is 13.0. The number of imide groups is 1. The Labute approximate surface area is 172 Å². The number of ether oxygens (including phenoxy) is 1. The highest BCUT2D eigenvalue weighted by molar-refractivity contribution is 8.15. The lowest BCUT2D eigenvalue weighted by Gasteiger charge is -2.16. The third-order valence-electron chi connectivity index (χ3n) is 4.69. The zero-order valence-electron chi connectivity index (χ0n) is 15.2. The van der Waals surface area contributed by atoms with Gasteiger partial charge in [-0.25, -0.2) is 4.90 Å². The zero-order valence-corrected chi connectivity index (χ0v) is 16.8. The predicted octanol–water partition coefficient (Wildman–Crippen LogP) is 5.70. The molecule has 0 N–H and O–H groups in total. The fraction of sp³-hybridized carbons (Fsp3) is 0.182. The first kappa shape index (κ1) is 18.8. The van der Waals surface area contributed by atoms with Gasteiger partial charge in [-0.1, -0.05) is 53.7 Å². The first-order valence-electron chi connectivity index (χ1n) is 9.02. The molecule has 6 heteroatoms. The number of hydrogen-bond donors (Lipinski definition) is 0. The van der Waals surface area contributed by atoms with Crippen LogP contribution in [0.5, 0.6) is 5.75 Å². The maximum Gasteiger partial charge on any atom is 0.293 e. The summed E-state index contributed by atoms with van der Waals surface area (Å²) >= 11 is 6.98. The van der Waals surface area contributed by atoms with E-state index in [1.807, 2.05) is 43.3 Å². The molecule has 0 aliphatic carbocycles. The molecular weight excluding hydrogens is 394 g/mol. The fourth-order valence-electron chi connectivity index (χ4n) is 3.41. The van der Waals surface area contributed by atoms with Crippen molar-refractivity contribution in [1.29, 1.82) is 0 Å². The van der Waals surface area contributed by atoms with Gasteiger partial charge in [-0.05, 0) is 54.4 Å². The van der Waals surface area contributed by atoms with E-state index in [9.17, 15) is 9.59 Å². The summed E-state index contributed by atoms with van der Waals surface area (Å²) in [5, 5.41) is 1.92. The average molecular weight is 412 g/mol. The van der Waals surface area contributed by atoms with Gasteiger partial charge in [0.25, 0.3) is 5.24 Å². The van der Waals surface area contributed by atoms with Gasteiger partial charge in [-0.15, -0.1) is 0 Å². The molecule has 3 aromatic rings. The molecule has 4 nitrogen and oxygen atoms in total. The number of benzene rings is 3. The van der Waals surface area contributed by atoms with Crippen LogP contribution >= 0.6 is 23.4 Å². The topological polar surface area (TPSA) is 46.6 Å². The summed E-state index contributed by atoms with van der Waals surface area (Å²) in [6, 6.07) is 18.7. The molecule has 1 aliphatic rings. The van der Waals surface area contributed by atoms with Crippen LogP contribution in [0.2, 0.25) is 5.02 Å². The molecular formula is C22H18ClNO3S. The van der Waals surface area contributed by atoms with E-state index in [1.165, 1.54) is 4.90 Å². The first-order chi connectivity index (χ1) is 13.6. The summed E-state index contributed by atoms with van der Waals surface area (Å²) in [5.41, 5.74) is 1.49. The van der Waals surface area contributed by atoms with Gasteiger partial charge in [0.05, 0.1) is 17.5 Å². The molecule has 0 radical (unpaired) electrons. The summed E-state index contributed by atoms with van der Waals surface area (Å²) in [5.74, 6) is 0.541. The Bertz CT molecular complexity index is 1050. The van der Waals surface area contributed by atoms with Crippen LogP contribution in [0, 0.1) is 0 Å². The van der Waals surface area contributed by atoms with Gasteiger partial charge in [0, 0.05) is 10.6 Å². The highest BCUT2D eigenvalue weighted by Gasteiger charge is 2.41. The van der Waals surface area contributed by atoms with E-state index < -0.39 is 5.25 Å². The monoisotopic (exact) mass is 411 g/mol. The Balaban J connectivity index is 1.68. The van der Waals surface area contributed by atoms with Crippen molar-refractivity contribution in [1.82, 2.24) is 0 Å². The largest absolute Gasteiger partial charge is 0.494 e. The number of anilines is 1. The van der Waals surface area contributed by atoms with E-state index in [-0.39, 0.29) is 11.1 Å². The number of halogens is 1. The summed E-state index contributed by atoms with van der Waals surface area (Å²) in [4.78, 5) is 26.8. The molecule has 142 valence electrons. The molecule has 1 saturated heterocycles. The van der Waals surface area contributed by atoms with Gasteiger partial charge in [-0.3, -0.25) is 9.59 Å². The lowest BCUT2D eigenvalue weighted by Crippen LogP contribution is -2.32. The minimum absolute atomic E-state index is 0.215. The normalized spacial score (nSPS) is 16.8. The molecule has 2 amide bonds. The number of carbonyl (C=O) groups is 2. The van der Waals surface area contributed by atoms with E-state index >= 15 is 0 Å². The Hall–Kier alpha value is -2.50. The van der Waals surface area contributed by atoms with Crippen molar-refractivity contribution in [3.63, 3.8) is 0 Å². The Morgan fingerprint density at radius 1 is 1.04 bits per heavy atom. The number of carbonyl (C=O) groups excluding carboxylic acids is 2. The molecule has 1 atom stereocenters. The lowest BCUT2D eigenvalue weighted by molar-refractivity contribution is -0.117. The Morgan fingerprint density at radius 2 is 1.79 bits per heavy atom. The Kier molecular flexibility index (Phi) is 5.29. The minimum Gasteiger partial charge on any atom is -0.494 e. The van der Waals surface area contributed by atoms with Crippen molar-refractivity contribution in [3.05, 3.63) is 71.2 Å². The van der Waals surface area contributed by atoms with Gasteiger partial charge in [-0.2, -0.15) is 0 Å². The van der Waals surface area contributed by atoms with E-state index in [2.05, 4.69) is 0 Å². The van der Waals surface area contributed by atoms with Gasteiger partial charge >= 0.3 is 0 Å². The molecule has 0 aromatic heterocycles. The van der Waals surface area contributed by atoms with Crippen molar-refractivity contribution >= 4 is 51.0 Å². The summed E-state index contributed by atoms with van der Waals surface area (Å²) in [6.07, 6.45) is 0.427. The molecule has 0 bridgehead atoms. The SMILES string of the molecule is CCOc1ccc2ccccc2c1C[C@@H]1SC(=O)N(c2ccc(Cl)cc2)C1=O. The van der Waals surface area contributed by atoms with Gasteiger partial charge in [0.15, 0.2) is 0 Å². The molecule has 28 heavy (non-hydrogen) atoms. The zero-order chi connectivity index (χ0) is 19.7.